The molecule has 2 N–H and O–H groups in total. The number of carbonyl (C=O) groups excluding carboxylic acids is 2. The van der Waals surface area contributed by atoms with Crippen molar-refractivity contribution in [3.8, 4) is 5.69 Å². The van der Waals surface area contributed by atoms with Crippen LogP contribution in [-0.2, 0) is 22.9 Å². The Balaban J connectivity index is 1.23. The van der Waals surface area contributed by atoms with Gasteiger partial charge in [0.1, 0.15) is 11.3 Å². The molecule has 45 heavy (non-hydrogen) atoms. The Kier molecular flexibility index (Phi) is 9.73. The van der Waals surface area contributed by atoms with Gasteiger partial charge in [0, 0.05) is 36.3 Å². The number of imidazole rings is 1. The van der Waals surface area contributed by atoms with Crippen LogP contribution >= 0.6 is 0 Å². The van der Waals surface area contributed by atoms with E-state index in [1.807, 2.05) is 81.4 Å². The number of aryl methyl sites for hydroxylation is 4. The number of aromatic nitrogens is 3. The molecule has 2 amide bonds. The topological polar surface area (TPSA) is 123 Å². The number of urea groups is 1. The molecule has 0 saturated heterocycles. The average Bonchev–Trinajstić information content (AvgIpc) is 3.38. The van der Waals surface area contributed by atoms with Crippen molar-refractivity contribution in [2.75, 3.05) is 6.54 Å². The molecular weight excluding hydrogens is 586 g/mol. The van der Waals surface area contributed by atoms with Crippen LogP contribution in [0.5, 0.6) is 0 Å². The highest BCUT2D eigenvalue weighted by Gasteiger charge is 2.18. The summed E-state index contributed by atoms with van der Waals surface area (Å²) >= 11 is 0. The lowest BCUT2D eigenvalue weighted by Crippen LogP contribution is -2.40. The second-order valence-corrected chi connectivity index (χ2v) is 12.9. The normalized spacial score (nSPS) is 11.4. The summed E-state index contributed by atoms with van der Waals surface area (Å²) in [6.45, 7) is 6.12. The summed E-state index contributed by atoms with van der Waals surface area (Å²) in [6.07, 6.45) is 3.27. The lowest BCUT2D eigenvalue weighted by Gasteiger charge is -2.11. The second-order valence-electron chi connectivity index (χ2n) is 11.2. The second kappa shape index (κ2) is 13.9. The number of Topliss-reactive ketones (excluding diaryl/α,β-unsaturated/α-hetero) is 1. The summed E-state index contributed by atoms with van der Waals surface area (Å²) in [4.78, 5) is 34.7. The van der Waals surface area contributed by atoms with Gasteiger partial charge >= 0.3 is 6.03 Å². The summed E-state index contributed by atoms with van der Waals surface area (Å²) in [6, 6.07) is 24.9. The molecular formula is C35H37N5O4S. The number of nitrogens with zero attached hydrogens (tertiary/aromatic N) is 3. The summed E-state index contributed by atoms with van der Waals surface area (Å²) in [5, 5.41) is 2.62. The SMILES string of the molecule is Cc1ccc(S(=O)(=O)NC(=O)NCCc2ccc(-n3c(CCCCC(=O)c4ccccc4)nc4c(C)cc(C)nc43)cc2)cc1. The van der Waals surface area contributed by atoms with Gasteiger partial charge in [0.2, 0.25) is 0 Å². The lowest BCUT2D eigenvalue weighted by atomic mass is 10.0. The van der Waals surface area contributed by atoms with E-state index in [0.717, 1.165) is 63.5 Å². The van der Waals surface area contributed by atoms with Crippen LogP contribution < -0.4 is 10.0 Å². The minimum atomic E-state index is -3.95. The number of pyridine rings is 1. The lowest BCUT2D eigenvalue weighted by molar-refractivity contribution is 0.0979. The molecule has 0 aliphatic rings. The van der Waals surface area contributed by atoms with Crippen LogP contribution in [0.4, 0.5) is 4.79 Å². The van der Waals surface area contributed by atoms with Crippen molar-refractivity contribution in [3.05, 3.63) is 119 Å². The zero-order valence-corrected chi connectivity index (χ0v) is 26.5. The number of unbranched alkanes of at least 4 members (excludes halogenated alkanes) is 1. The fourth-order valence-electron chi connectivity index (χ4n) is 5.25. The van der Waals surface area contributed by atoms with E-state index in [2.05, 4.69) is 14.6 Å². The van der Waals surface area contributed by atoms with Crippen molar-refractivity contribution in [1.29, 1.82) is 0 Å². The predicted octanol–water partition coefficient (Wildman–Crippen LogP) is 6.17. The van der Waals surface area contributed by atoms with E-state index in [1.54, 1.807) is 12.1 Å². The maximum atomic E-state index is 12.6. The van der Waals surface area contributed by atoms with Crippen LogP contribution in [-0.4, -0.2) is 41.3 Å². The van der Waals surface area contributed by atoms with Gasteiger partial charge in [0.25, 0.3) is 10.0 Å². The van der Waals surface area contributed by atoms with Crippen LogP contribution in [0.25, 0.3) is 16.9 Å². The summed E-state index contributed by atoms with van der Waals surface area (Å²) in [7, 11) is -3.95. The molecule has 9 nitrogen and oxygen atoms in total. The van der Waals surface area contributed by atoms with Crippen LogP contribution in [0, 0.1) is 20.8 Å². The van der Waals surface area contributed by atoms with Crippen molar-refractivity contribution in [3.63, 3.8) is 0 Å². The fraction of sp³-hybridized carbons (Fsp3) is 0.257. The molecule has 3 aromatic carbocycles. The zero-order chi connectivity index (χ0) is 32.0. The van der Waals surface area contributed by atoms with E-state index in [-0.39, 0.29) is 17.2 Å². The van der Waals surface area contributed by atoms with Crippen LogP contribution in [0.15, 0.2) is 89.8 Å². The third kappa shape index (κ3) is 7.82. The van der Waals surface area contributed by atoms with E-state index < -0.39 is 16.1 Å². The quantitative estimate of drug-likeness (QED) is 0.127. The van der Waals surface area contributed by atoms with Crippen LogP contribution in [0.3, 0.4) is 0 Å². The molecule has 5 aromatic rings. The number of ketones is 1. The molecule has 0 aliphatic carbocycles. The standard InChI is InChI=1S/C35H37N5O4S/c1-24-13-19-30(20-14-24)45(43,44)39-35(42)36-22-21-27-15-17-29(18-16-27)40-32(38-33-25(2)23-26(3)37-34(33)40)12-8-7-11-31(41)28-9-5-4-6-10-28/h4-6,9-10,13-20,23H,7-8,11-12,21-22H2,1-3H3,(H2,36,39,42). The van der Waals surface area contributed by atoms with Gasteiger partial charge in [-0.1, -0.05) is 60.2 Å². The Bertz CT molecular complexity index is 1920. The minimum Gasteiger partial charge on any atom is -0.337 e. The molecule has 10 heteroatoms. The molecule has 0 atom stereocenters. The van der Waals surface area contributed by atoms with Gasteiger partial charge in [0.15, 0.2) is 11.4 Å². The number of carbonyl (C=O) groups is 2. The Morgan fingerprint density at radius 3 is 2.24 bits per heavy atom. The van der Waals surface area contributed by atoms with E-state index in [4.69, 9.17) is 9.97 Å². The Labute approximate surface area is 263 Å². The van der Waals surface area contributed by atoms with Gasteiger partial charge in [-0.25, -0.2) is 27.9 Å². The largest absolute Gasteiger partial charge is 0.337 e. The van der Waals surface area contributed by atoms with Gasteiger partial charge in [-0.05, 0) is 81.5 Å². The molecule has 0 fully saturated rings. The summed E-state index contributed by atoms with van der Waals surface area (Å²) in [5.41, 5.74) is 7.18. The van der Waals surface area contributed by atoms with Crippen molar-refractivity contribution in [2.45, 2.75) is 57.8 Å². The van der Waals surface area contributed by atoms with E-state index >= 15 is 0 Å². The number of hydrogen-bond donors (Lipinski definition) is 2. The molecule has 0 saturated carbocycles. The first-order valence-electron chi connectivity index (χ1n) is 15.0. The van der Waals surface area contributed by atoms with Crippen LogP contribution in [0.1, 0.15) is 57.8 Å². The number of rotatable bonds is 12. The zero-order valence-electron chi connectivity index (χ0n) is 25.7. The number of nitrogens with one attached hydrogen (secondary N) is 2. The van der Waals surface area contributed by atoms with Gasteiger partial charge in [-0.15, -0.1) is 0 Å². The molecule has 2 aromatic heterocycles. The van der Waals surface area contributed by atoms with Gasteiger partial charge in [0.05, 0.1) is 4.90 Å². The van der Waals surface area contributed by atoms with Gasteiger partial charge < -0.3 is 5.32 Å². The third-order valence-electron chi connectivity index (χ3n) is 7.61. The van der Waals surface area contributed by atoms with Crippen LogP contribution in [0.2, 0.25) is 0 Å². The highest BCUT2D eigenvalue weighted by Crippen LogP contribution is 2.25. The molecule has 0 radical (unpaired) electrons. The maximum Gasteiger partial charge on any atom is 0.328 e. The Hall–Kier alpha value is -4.83. The summed E-state index contributed by atoms with van der Waals surface area (Å²) < 4.78 is 29.1. The first-order valence-corrected chi connectivity index (χ1v) is 16.5. The van der Waals surface area contributed by atoms with Crippen molar-refractivity contribution in [1.82, 2.24) is 24.6 Å². The monoisotopic (exact) mass is 623 g/mol. The Morgan fingerprint density at radius 1 is 0.822 bits per heavy atom. The molecule has 0 bridgehead atoms. The molecule has 0 unspecified atom stereocenters. The highest BCUT2D eigenvalue weighted by molar-refractivity contribution is 7.90. The first-order chi connectivity index (χ1) is 21.6. The average molecular weight is 624 g/mol. The summed E-state index contributed by atoms with van der Waals surface area (Å²) in [5.74, 6) is 1.03. The first kappa shape index (κ1) is 31.6. The number of sulfonamides is 1. The highest BCUT2D eigenvalue weighted by atomic mass is 32.2. The van der Waals surface area contributed by atoms with E-state index in [0.29, 0.717) is 19.3 Å². The predicted molar refractivity (Wildman–Crippen MR) is 175 cm³/mol. The fourth-order valence-corrected chi connectivity index (χ4v) is 6.18. The molecule has 5 rings (SSSR count). The molecule has 232 valence electrons. The van der Waals surface area contributed by atoms with Crippen molar-refractivity contribution in [2.24, 2.45) is 0 Å². The smallest absolute Gasteiger partial charge is 0.328 e. The molecule has 0 aliphatic heterocycles. The van der Waals surface area contributed by atoms with E-state index in [9.17, 15) is 18.0 Å². The minimum absolute atomic E-state index is 0.0331. The van der Waals surface area contributed by atoms with Crippen molar-refractivity contribution >= 4 is 33.0 Å². The van der Waals surface area contributed by atoms with Gasteiger partial charge in [-0.2, -0.15) is 0 Å². The third-order valence-corrected chi connectivity index (χ3v) is 8.95. The number of benzene rings is 3. The number of hydrogen-bond acceptors (Lipinski definition) is 6. The van der Waals surface area contributed by atoms with E-state index in [1.165, 1.54) is 12.1 Å². The number of fused-ring (bicyclic) bond motifs is 1. The van der Waals surface area contributed by atoms with Crippen molar-refractivity contribution < 1.29 is 18.0 Å². The number of amides is 2. The maximum absolute atomic E-state index is 12.6. The Morgan fingerprint density at radius 2 is 1.53 bits per heavy atom. The van der Waals surface area contributed by atoms with Gasteiger partial charge in [-0.3, -0.25) is 9.36 Å². The molecule has 0 spiro atoms. The molecule has 2 heterocycles.